The van der Waals surface area contributed by atoms with Crippen molar-refractivity contribution in [2.24, 2.45) is 5.92 Å². The Kier molecular flexibility index (Phi) is 4.48. The molecule has 2 aromatic rings. The predicted molar refractivity (Wildman–Crippen MR) is 94.3 cm³/mol. The van der Waals surface area contributed by atoms with E-state index >= 15 is 0 Å². The van der Waals surface area contributed by atoms with E-state index in [1.165, 1.54) is 0 Å². The number of carbonyl (C=O) groups excluding carboxylic acids is 1. The normalized spacial score (nSPS) is 24.9. The molecule has 1 N–H and O–H groups in total. The van der Waals surface area contributed by atoms with Gasteiger partial charge in [-0.15, -0.1) is 0 Å². The van der Waals surface area contributed by atoms with Crippen molar-refractivity contribution in [1.82, 2.24) is 14.9 Å². The van der Waals surface area contributed by atoms with Gasteiger partial charge in [-0.3, -0.25) is 4.79 Å². The number of nitrogens with zero attached hydrogens (tertiary/aromatic N) is 2. The van der Waals surface area contributed by atoms with E-state index in [-0.39, 0.29) is 5.91 Å². The molecule has 3 heterocycles. The summed E-state index contributed by atoms with van der Waals surface area (Å²) in [5, 5.41) is 0. The van der Waals surface area contributed by atoms with E-state index in [2.05, 4.69) is 16.0 Å². The number of amides is 1. The van der Waals surface area contributed by atoms with Crippen molar-refractivity contribution in [1.29, 1.82) is 0 Å². The van der Waals surface area contributed by atoms with E-state index in [0.29, 0.717) is 25.6 Å². The van der Waals surface area contributed by atoms with Gasteiger partial charge in [0, 0.05) is 33.0 Å². The summed E-state index contributed by atoms with van der Waals surface area (Å²) in [7, 11) is 1.61. The number of hydrogen-bond donors (Lipinski definition) is 1. The lowest BCUT2D eigenvalue weighted by atomic mass is 9.91. The Labute approximate surface area is 147 Å². The van der Waals surface area contributed by atoms with Crippen LogP contribution in [0.5, 0.6) is 0 Å². The molecule has 0 saturated carbocycles. The van der Waals surface area contributed by atoms with Crippen LogP contribution in [-0.4, -0.2) is 59.8 Å². The largest absolute Gasteiger partial charge is 0.378 e. The Hall–Kier alpha value is -1.92. The fraction of sp³-hybridized carbons (Fsp3) is 0.579. The number of methoxy groups -OCH3 is 1. The minimum absolute atomic E-state index is 0.0923. The average molecular weight is 343 g/mol. The van der Waals surface area contributed by atoms with Crippen LogP contribution in [0.3, 0.4) is 0 Å². The average Bonchev–Trinajstić information content (AvgIpc) is 3.29. The molecule has 6 nitrogen and oxygen atoms in total. The number of benzene rings is 1. The van der Waals surface area contributed by atoms with Crippen LogP contribution >= 0.6 is 0 Å². The molecule has 1 aromatic heterocycles. The molecule has 6 heteroatoms. The van der Waals surface area contributed by atoms with Crippen molar-refractivity contribution in [2.75, 3.05) is 33.4 Å². The topological polar surface area (TPSA) is 67.5 Å². The maximum atomic E-state index is 12.8. The number of carbonyl (C=O) groups is 1. The van der Waals surface area contributed by atoms with Gasteiger partial charge in [0.25, 0.3) is 5.91 Å². The quantitative estimate of drug-likeness (QED) is 0.924. The van der Waals surface area contributed by atoms with Gasteiger partial charge < -0.3 is 19.4 Å². The van der Waals surface area contributed by atoms with E-state index in [1.54, 1.807) is 7.11 Å². The van der Waals surface area contributed by atoms with Gasteiger partial charge >= 0.3 is 0 Å². The lowest BCUT2D eigenvalue weighted by Crippen LogP contribution is -2.53. The number of aromatic nitrogens is 2. The molecule has 0 spiro atoms. The van der Waals surface area contributed by atoms with Crippen LogP contribution in [0.1, 0.15) is 25.1 Å². The Bertz CT molecular complexity index is 710. The summed E-state index contributed by atoms with van der Waals surface area (Å²) in [6.07, 6.45) is 3.60. The number of likely N-dealkylation sites (tertiary alicyclic amines) is 1. The van der Waals surface area contributed by atoms with Crippen LogP contribution in [0, 0.1) is 5.92 Å². The third kappa shape index (κ3) is 3.16. The third-order valence-electron chi connectivity index (χ3n) is 5.59. The zero-order valence-electron chi connectivity index (χ0n) is 14.7. The van der Waals surface area contributed by atoms with Gasteiger partial charge in [0.1, 0.15) is 5.82 Å². The van der Waals surface area contributed by atoms with Crippen molar-refractivity contribution in [2.45, 2.75) is 31.3 Å². The second kappa shape index (κ2) is 6.77. The third-order valence-corrected chi connectivity index (χ3v) is 5.59. The van der Waals surface area contributed by atoms with Gasteiger partial charge in [0.15, 0.2) is 5.60 Å². The summed E-state index contributed by atoms with van der Waals surface area (Å²) < 4.78 is 10.9. The maximum absolute atomic E-state index is 12.8. The molecule has 1 unspecified atom stereocenters. The smallest absolute Gasteiger partial charge is 0.257 e. The van der Waals surface area contributed by atoms with E-state index in [9.17, 15) is 4.79 Å². The van der Waals surface area contributed by atoms with Crippen molar-refractivity contribution >= 4 is 16.9 Å². The first-order valence-electron chi connectivity index (χ1n) is 9.06. The van der Waals surface area contributed by atoms with E-state index in [1.807, 2.05) is 23.1 Å². The summed E-state index contributed by atoms with van der Waals surface area (Å²) in [5.74, 6) is 1.70. The summed E-state index contributed by atoms with van der Waals surface area (Å²) in [6, 6.07) is 8.12. The van der Waals surface area contributed by atoms with E-state index in [0.717, 1.165) is 49.2 Å². The molecule has 2 fully saturated rings. The Morgan fingerprint density at radius 1 is 1.40 bits per heavy atom. The lowest BCUT2D eigenvalue weighted by Gasteiger charge is -2.37. The number of nitrogens with one attached hydrogen (secondary N) is 1. The summed E-state index contributed by atoms with van der Waals surface area (Å²) >= 11 is 0. The zero-order chi connectivity index (χ0) is 17.3. The Morgan fingerprint density at radius 2 is 2.20 bits per heavy atom. The van der Waals surface area contributed by atoms with Gasteiger partial charge in [-0.05, 0) is 30.9 Å². The number of piperidine rings is 1. The highest BCUT2D eigenvalue weighted by atomic mass is 16.6. The molecule has 4 rings (SSSR count). The second-order valence-electron chi connectivity index (χ2n) is 7.14. The molecular formula is C19H25N3O3. The number of rotatable bonds is 4. The Morgan fingerprint density at radius 3 is 2.88 bits per heavy atom. The first kappa shape index (κ1) is 16.5. The van der Waals surface area contributed by atoms with Crippen LogP contribution in [0.25, 0.3) is 11.0 Å². The number of imidazole rings is 1. The SMILES string of the molecule is COC1(C(=O)N2CCC(Cc3nc4ccccc4[nH]3)CC2)CCOC1. The first-order chi connectivity index (χ1) is 12.2. The number of H-pyrrole nitrogens is 1. The van der Waals surface area contributed by atoms with Gasteiger partial charge in [-0.1, -0.05) is 12.1 Å². The minimum atomic E-state index is -0.758. The van der Waals surface area contributed by atoms with Gasteiger partial charge in [-0.2, -0.15) is 0 Å². The molecule has 2 aliphatic heterocycles. The summed E-state index contributed by atoms with van der Waals surface area (Å²) in [4.78, 5) is 22.9. The number of hydrogen-bond acceptors (Lipinski definition) is 4. The molecule has 1 atom stereocenters. The van der Waals surface area contributed by atoms with Crippen LogP contribution < -0.4 is 0 Å². The molecule has 0 aliphatic carbocycles. The number of aromatic amines is 1. The standard InChI is InChI=1S/C19H25N3O3/c1-24-19(8-11-25-13-19)18(23)22-9-6-14(7-10-22)12-17-20-15-4-2-3-5-16(15)21-17/h2-5,14H,6-13H2,1H3,(H,20,21). The van der Waals surface area contributed by atoms with Crippen LogP contribution in [-0.2, 0) is 20.7 Å². The van der Waals surface area contributed by atoms with E-state index in [4.69, 9.17) is 9.47 Å². The van der Waals surface area contributed by atoms with Crippen LogP contribution in [0.2, 0.25) is 0 Å². The van der Waals surface area contributed by atoms with Gasteiger partial charge in [0.05, 0.1) is 24.2 Å². The predicted octanol–water partition coefficient (Wildman–Crippen LogP) is 2.15. The van der Waals surface area contributed by atoms with Crippen LogP contribution in [0.15, 0.2) is 24.3 Å². The summed E-state index contributed by atoms with van der Waals surface area (Å²) in [5.41, 5.74) is 1.35. The zero-order valence-corrected chi connectivity index (χ0v) is 14.7. The number of para-hydroxylation sites is 2. The second-order valence-corrected chi connectivity index (χ2v) is 7.14. The van der Waals surface area contributed by atoms with E-state index < -0.39 is 5.60 Å². The molecule has 2 saturated heterocycles. The molecule has 25 heavy (non-hydrogen) atoms. The highest BCUT2D eigenvalue weighted by Crippen LogP contribution is 2.28. The van der Waals surface area contributed by atoms with Crippen LogP contribution in [0.4, 0.5) is 0 Å². The van der Waals surface area contributed by atoms with Crippen molar-refractivity contribution in [3.63, 3.8) is 0 Å². The highest BCUT2D eigenvalue weighted by Gasteiger charge is 2.45. The molecule has 2 aliphatic rings. The fourth-order valence-electron chi connectivity index (χ4n) is 3.97. The molecule has 0 radical (unpaired) electrons. The van der Waals surface area contributed by atoms with Crippen molar-refractivity contribution < 1.29 is 14.3 Å². The monoisotopic (exact) mass is 343 g/mol. The number of ether oxygens (including phenoxy) is 2. The Balaban J connectivity index is 1.35. The highest BCUT2D eigenvalue weighted by molar-refractivity contribution is 5.86. The lowest BCUT2D eigenvalue weighted by molar-refractivity contribution is -0.156. The molecule has 1 amide bonds. The van der Waals surface area contributed by atoms with Crippen molar-refractivity contribution in [3.05, 3.63) is 30.1 Å². The molecule has 1 aromatic carbocycles. The van der Waals surface area contributed by atoms with Gasteiger partial charge in [-0.25, -0.2) is 4.98 Å². The minimum Gasteiger partial charge on any atom is -0.378 e. The summed E-state index contributed by atoms with van der Waals surface area (Å²) in [6.45, 7) is 2.55. The molecular weight excluding hydrogens is 318 g/mol. The molecule has 134 valence electrons. The maximum Gasteiger partial charge on any atom is 0.257 e. The van der Waals surface area contributed by atoms with Crippen molar-refractivity contribution in [3.8, 4) is 0 Å². The number of fused-ring (bicyclic) bond motifs is 1. The molecule has 0 bridgehead atoms. The fourth-order valence-corrected chi connectivity index (χ4v) is 3.97. The first-order valence-corrected chi connectivity index (χ1v) is 9.06. The van der Waals surface area contributed by atoms with Gasteiger partial charge in [0.2, 0.25) is 0 Å².